The molecule has 1 aromatic carbocycles. The lowest BCUT2D eigenvalue weighted by Crippen LogP contribution is -2.51. The van der Waals surface area contributed by atoms with Crippen molar-refractivity contribution in [3.05, 3.63) is 29.3 Å². The maximum absolute atomic E-state index is 10.9. The van der Waals surface area contributed by atoms with E-state index in [0.29, 0.717) is 12.0 Å². The fourth-order valence-electron chi connectivity index (χ4n) is 4.38. The fourth-order valence-corrected chi connectivity index (χ4v) is 4.38. The number of hydrogen-bond donors (Lipinski definition) is 3. The third-order valence-electron chi connectivity index (χ3n) is 5.86. The Labute approximate surface area is 163 Å². The molecular formula is C19H27N7O2. The number of benzene rings is 1. The largest absolute Gasteiger partial charge is 0.480 e. The van der Waals surface area contributed by atoms with Gasteiger partial charge in [-0.05, 0) is 48.9 Å². The highest BCUT2D eigenvalue weighted by Crippen LogP contribution is 2.27. The molecule has 9 heteroatoms. The van der Waals surface area contributed by atoms with Gasteiger partial charge in [0.25, 0.3) is 0 Å². The van der Waals surface area contributed by atoms with Crippen LogP contribution in [-0.4, -0.2) is 74.4 Å². The molecule has 1 fully saturated rings. The van der Waals surface area contributed by atoms with Gasteiger partial charge in [-0.1, -0.05) is 6.07 Å². The van der Waals surface area contributed by atoms with Gasteiger partial charge in [0.2, 0.25) is 11.9 Å². The van der Waals surface area contributed by atoms with Crippen LogP contribution in [-0.2, 0) is 17.6 Å². The van der Waals surface area contributed by atoms with Gasteiger partial charge in [-0.25, -0.2) is 0 Å². The van der Waals surface area contributed by atoms with Crippen LogP contribution in [0.5, 0.6) is 0 Å². The van der Waals surface area contributed by atoms with Crippen LogP contribution >= 0.6 is 0 Å². The van der Waals surface area contributed by atoms with E-state index in [9.17, 15) is 4.79 Å². The van der Waals surface area contributed by atoms with E-state index >= 15 is 0 Å². The van der Waals surface area contributed by atoms with E-state index in [2.05, 4.69) is 27.1 Å². The number of nitrogens with zero attached hydrogens (tertiary/aromatic N) is 5. The molecule has 2 aliphatic rings. The molecule has 5 N–H and O–H groups in total. The minimum absolute atomic E-state index is 0.142. The van der Waals surface area contributed by atoms with Crippen molar-refractivity contribution in [3.8, 4) is 5.69 Å². The summed E-state index contributed by atoms with van der Waals surface area (Å²) in [7, 11) is 0. The van der Waals surface area contributed by atoms with Crippen LogP contribution in [0.2, 0.25) is 0 Å². The molecule has 1 atom stereocenters. The van der Waals surface area contributed by atoms with Crippen molar-refractivity contribution in [2.24, 2.45) is 0 Å². The number of fused-ring (bicyclic) bond motifs is 1. The molecule has 28 heavy (non-hydrogen) atoms. The minimum atomic E-state index is -0.746. The van der Waals surface area contributed by atoms with Crippen LogP contribution in [0.15, 0.2) is 18.2 Å². The molecule has 1 aliphatic carbocycles. The summed E-state index contributed by atoms with van der Waals surface area (Å²) < 4.78 is 1.58. The first-order valence-corrected chi connectivity index (χ1v) is 9.78. The van der Waals surface area contributed by atoms with Gasteiger partial charge >= 0.3 is 5.97 Å². The number of nitrogens with two attached hydrogens (primary N) is 2. The van der Waals surface area contributed by atoms with Gasteiger partial charge in [-0.3, -0.25) is 14.6 Å². The zero-order valence-electron chi connectivity index (χ0n) is 15.9. The highest BCUT2D eigenvalue weighted by Gasteiger charge is 2.26. The second-order valence-corrected chi connectivity index (χ2v) is 7.63. The lowest BCUT2D eigenvalue weighted by Gasteiger charge is -2.38. The topological polar surface area (TPSA) is 127 Å². The first kappa shape index (κ1) is 18.7. The van der Waals surface area contributed by atoms with E-state index in [-0.39, 0.29) is 12.5 Å². The molecule has 1 aliphatic heterocycles. The van der Waals surface area contributed by atoms with Gasteiger partial charge in [-0.2, -0.15) is 9.67 Å². The highest BCUT2D eigenvalue weighted by atomic mass is 16.4. The normalized spacial score (nSPS) is 21.2. The van der Waals surface area contributed by atoms with Gasteiger partial charge in [-0.15, -0.1) is 5.10 Å². The summed E-state index contributed by atoms with van der Waals surface area (Å²) in [6.07, 6.45) is 4.28. The highest BCUT2D eigenvalue weighted by molar-refractivity contribution is 5.69. The Kier molecular flexibility index (Phi) is 5.19. The molecule has 1 aromatic heterocycles. The molecule has 1 saturated heterocycles. The summed E-state index contributed by atoms with van der Waals surface area (Å²) >= 11 is 0. The van der Waals surface area contributed by atoms with Crippen molar-refractivity contribution in [1.82, 2.24) is 24.6 Å². The Morgan fingerprint density at radius 1 is 1.11 bits per heavy atom. The summed E-state index contributed by atoms with van der Waals surface area (Å²) in [6.45, 7) is 3.67. The summed E-state index contributed by atoms with van der Waals surface area (Å²) in [4.78, 5) is 19.4. The van der Waals surface area contributed by atoms with Crippen LogP contribution in [0.1, 0.15) is 24.0 Å². The molecule has 1 unspecified atom stereocenters. The molecule has 0 spiro atoms. The number of anilines is 2. The molecule has 4 rings (SSSR count). The van der Waals surface area contributed by atoms with Crippen LogP contribution in [0.4, 0.5) is 11.9 Å². The summed E-state index contributed by atoms with van der Waals surface area (Å²) in [5.41, 5.74) is 15.2. The van der Waals surface area contributed by atoms with Crippen molar-refractivity contribution >= 4 is 17.9 Å². The maximum Gasteiger partial charge on any atom is 0.317 e. The van der Waals surface area contributed by atoms with E-state index in [1.54, 1.807) is 4.68 Å². The van der Waals surface area contributed by atoms with Gasteiger partial charge in [0.1, 0.15) is 0 Å². The lowest BCUT2D eigenvalue weighted by molar-refractivity contribution is -0.138. The monoisotopic (exact) mass is 385 g/mol. The summed E-state index contributed by atoms with van der Waals surface area (Å²) in [6, 6.07) is 6.87. The predicted molar refractivity (Wildman–Crippen MR) is 106 cm³/mol. The third kappa shape index (κ3) is 3.95. The van der Waals surface area contributed by atoms with Gasteiger partial charge in [0, 0.05) is 32.2 Å². The van der Waals surface area contributed by atoms with Crippen LogP contribution in [0.3, 0.4) is 0 Å². The molecule has 0 saturated carbocycles. The zero-order valence-corrected chi connectivity index (χ0v) is 15.9. The summed E-state index contributed by atoms with van der Waals surface area (Å²) in [5.74, 6) is -0.276. The number of carbonyl (C=O) groups is 1. The second-order valence-electron chi connectivity index (χ2n) is 7.63. The number of carboxylic acids is 1. The number of aromatic nitrogens is 3. The van der Waals surface area contributed by atoms with Crippen LogP contribution < -0.4 is 11.5 Å². The molecule has 0 bridgehead atoms. The average Bonchev–Trinajstić information content (AvgIpc) is 2.88. The van der Waals surface area contributed by atoms with Crippen molar-refractivity contribution in [3.63, 3.8) is 0 Å². The Morgan fingerprint density at radius 3 is 2.46 bits per heavy atom. The van der Waals surface area contributed by atoms with Crippen molar-refractivity contribution in [2.75, 3.05) is 44.2 Å². The zero-order chi connectivity index (χ0) is 19.7. The molecule has 2 heterocycles. The molecular weight excluding hydrogens is 358 g/mol. The minimum Gasteiger partial charge on any atom is -0.480 e. The van der Waals surface area contributed by atoms with E-state index in [1.165, 1.54) is 11.1 Å². The van der Waals surface area contributed by atoms with E-state index in [1.807, 2.05) is 11.0 Å². The number of piperazine rings is 1. The number of hydrogen-bond acceptors (Lipinski definition) is 7. The summed E-state index contributed by atoms with van der Waals surface area (Å²) in [5, 5.41) is 13.1. The maximum atomic E-state index is 10.9. The SMILES string of the molecule is Nc1nc(N)n(-c2ccc3c(c2)CCC(N2CCN(CC(=O)O)CC2)CC3)n1. The Bertz CT molecular complexity index is 858. The quantitative estimate of drug-likeness (QED) is 0.645. The average molecular weight is 385 g/mol. The molecule has 2 aromatic rings. The van der Waals surface area contributed by atoms with Gasteiger partial charge in [0.15, 0.2) is 0 Å². The van der Waals surface area contributed by atoms with E-state index < -0.39 is 5.97 Å². The van der Waals surface area contributed by atoms with Crippen LogP contribution in [0.25, 0.3) is 5.69 Å². The number of rotatable bonds is 4. The number of nitrogen functional groups attached to an aromatic ring is 2. The Hall–Kier alpha value is -2.65. The van der Waals surface area contributed by atoms with Crippen LogP contribution in [0, 0.1) is 0 Å². The first-order chi connectivity index (χ1) is 13.5. The Balaban J connectivity index is 1.41. The van der Waals surface area contributed by atoms with E-state index in [4.69, 9.17) is 16.6 Å². The molecule has 0 radical (unpaired) electrons. The molecule has 9 nitrogen and oxygen atoms in total. The third-order valence-corrected chi connectivity index (χ3v) is 5.86. The Morgan fingerprint density at radius 2 is 1.82 bits per heavy atom. The molecule has 150 valence electrons. The van der Waals surface area contributed by atoms with Crippen molar-refractivity contribution < 1.29 is 9.90 Å². The number of aryl methyl sites for hydroxylation is 2. The van der Waals surface area contributed by atoms with Gasteiger partial charge < -0.3 is 16.6 Å². The van der Waals surface area contributed by atoms with Crippen molar-refractivity contribution in [2.45, 2.75) is 31.7 Å². The standard InChI is InChI=1S/C19H27N7O2/c20-18-22-19(21)26(23-18)16-6-2-13-1-4-15(5-3-14(13)11-16)25-9-7-24(8-10-25)12-17(27)28/h2,6,11,15H,1,3-5,7-10,12H2,(H,27,28)(H4,20,21,22,23). The lowest BCUT2D eigenvalue weighted by atomic mass is 10.0. The molecule has 0 amide bonds. The van der Waals surface area contributed by atoms with Crippen molar-refractivity contribution in [1.29, 1.82) is 0 Å². The van der Waals surface area contributed by atoms with E-state index in [0.717, 1.165) is 57.5 Å². The number of aliphatic carboxylic acids is 1. The number of carboxylic acid groups (broad SMARTS) is 1. The predicted octanol–water partition coefficient (Wildman–Crippen LogP) is 0.381. The first-order valence-electron chi connectivity index (χ1n) is 9.78. The smallest absolute Gasteiger partial charge is 0.317 e. The van der Waals surface area contributed by atoms with Gasteiger partial charge in [0.05, 0.1) is 12.2 Å². The second kappa shape index (κ2) is 7.76. The fraction of sp³-hybridized carbons (Fsp3) is 0.526.